The molecule has 3 rings (SSSR count). The number of hydrogen-bond acceptors (Lipinski definition) is 6. The second-order valence-corrected chi connectivity index (χ2v) is 8.57. The van der Waals surface area contributed by atoms with Gasteiger partial charge in [-0.25, -0.2) is 13.4 Å². The van der Waals surface area contributed by atoms with Gasteiger partial charge in [0.25, 0.3) is 15.9 Å². The molecule has 1 heterocycles. The molecule has 1 aromatic heterocycles. The van der Waals surface area contributed by atoms with E-state index in [1.54, 1.807) is 43.3 Å². The minimum atomic E-state index is -3.87. The van der Waals surface area contributed by atoms with Gasteiger partial charge >= 0.3 is 0 Å². The molecule has 0 fully saturated rings. The van der Waals surface area contributed by atoms with Crippen molar-refractivity contribution in [1.29, 1.82) is 0 Å². The van der Waals surface area contributed by atoms with Crippen LogP contribution in [-0.4, -0.2) is 26.4 Å². The quantitative estimate of drug-likeness (QED) is 0.635. The number of hydrogen-bond donors (Lipinski definition) is 2. The Morgan fingerprint density at radius 1 is 1.11 bits per heavy atom. The van der Waals surface area contributed by atoms with Gasteiger partial charge < -0.3 is 4.74 Å². The molecule has 9 heteroatoms. The van der Waals surface area contributed by atoms with Crippen LogP contribution >= 0.6 is 11.3 Å². The van der Waals surface area contributed by atoms with Crippen LogP contribution in [0.2, 0.25) is 0 Å². The number of ether oxygens (including phenoxy) is 1. The minimum Gasteiger partial charge on any atom is -0.497 e. The molecule has 2 N–H and O–H groups in total. The van der Waals surface area contributed by atoms with Crippen molar-refractivity contribution in [3.63, 3.8) is 0 Å². The molecule has 2 aromatic carbocycles. The van der Waals surface area contributed by atoms with Crippen LogP contribution < -0.4 is 14.8 Å². The molecular formula is C19H19N3O4S2. The molecule has 0 aliphatic heterocycles. The van der Waals surface area contributed by atoms with Gasteiger partial charge in [0.2, 0.25) is 0 Å². The Hall–Kier alpha value is -2.91. The number of carbonyl (C=O) groups excluding carboxylic acids is 1. The Morgan fingerprint density at radius 3 is 2.43 bits per heavy atom. The second kappa shape index (κ2) is 7.99. The average Bonchev–Trinajstić information content (AvgIpc) is 3.07. The number of rotatable bonds is 6. The van der Waals surface area contributed by atoms with E-state index in [0.717, 1.165) is 5.69 Å². The van der Waals surface area contributed by atoms with Crippen molar-refractivity contribution in [2.24, 2.45) is 0 Å². The molecule has 28 heavy (non-hydrogen) atoms. The number of thiazole rings is 1. The van der Waals surface area contributed by atoms with Gasteiger partial charge in [0.1, 0.15) is 5.75 Å². The van der Waals surface area contributed by atoms with Crippen molar-refractivity contribution < 1.29 is 17.9 Å². The van der Waals surface area contributed by atoms with E-state index in [2.05, 4.69) is 15.0 Å². The maximum atomic E-state index is 12.8. The van der Waals surface area contributed by atoms with E-state index in [-0.39, 0.29) is 10.5 Å². The third-order valence-corrected chi connectivity index (χ3v) is 6.32. The van der Waals surface area contributed by atoms with Gasteiger partial charge in [0, 0.05) is 16.6 Å². The number of amides is 1. The van der Waals surface area contributed by atoms with Gasteiger partial charge in [-0.2, -0.15) is 0 Å². The fourth-order valence-electron chi connectivity index (χ4n) is 2.48. The van der Waals surface area contributed by atoms with Gasteiger partial charge in [-0.1, -0.05) is 6.07 Å². The molecule has 0 saturated heterocycles. The van der Waals surface area contributed by atoms with E-state index >= 15 is 0 Å². The van der Waals surface area contributed by atoms with Gasteiger partial charge in [0.05, 0.1) is 17.7 Å². The maximum absolute atomic E-state index is 12.8. The fourth-order valence-corrected chi connectivity index (χ4v) is 4.49. The Kier molecular flexibility index (Phi) is 5.66. The first-order valence-corrected chi connectivity index (χ1v) is 10.7. The highest BCUT2D eigenvalue weighted by Gasteiger charge is 2.20. The summed E-state index contributed by atoms with van der Waals surface area (Å²) in [6.07, 6.45) is 0. The molecule has 0 saturated carbocycles. The van der Waals surface area contributed by atoms with Gasteiger partial charge in [-0.05, 0) is 55.8 Å². The molecule has 0 spiro atoms. The van der Waals surface area contributed by atoms with E-state index in [4.69, 9.17) is 4.74 Å². The number of aryl methyl sites for hydroxylation is 2. The highest BCUT2D eigenvalue weighted by molar-refractivity contribution is 7.92. The maximum Gasteiger partial charge on any atom is 0.262 e. The molecule has 0 radical (unpaired) electrons. The van der Waals surface area contributed by atoms with Gasteiger partial charge in [0.15, 0.2) is 5.13 Å². The molecule has 1 amide bonds. The van der Waals surface area contributed by atoms with Crippen LogP contribution in [0.15, 0.2) is 52.7 Å². The van der Waals surface area contributed by atoms with Crippen LogP contribution in [-0.2, 0) is 10.0 Å². The number of aromatic nitrogens is 1. The monoisotopic (exact) mass is 417 g/mol. The zero-order valence-corrected chi connectivity index (χ0v) is 17.1. The number of methoxy groups -OCH3 is 1. The van der Waals surface area contributed by atoms with Gasteiger partial charge in [-0.3, -0.25) is 14.8 Å². The normalized spacial score (nSPS) is 11.1. The Labute approximate surface area is 167 Å². The molecule has 0 bridgehead atoms. The van der Waals surface area contributed by atoms with E-state index in [1.165, 1.54) is 24.5 Å². The van der Waals surface area contributed by atoms with Crippen molar-refractivity contribution in [3.05, 3.63) is 64.7 Å². The number of nitrogens with zero attached hydrogens (tertiary/aromatic N) is 1. The summed E-state index contributed by atoms with van der Waals surface area (Å²) in [5, 5.41) is 4.96. The summed E-state index contributed by atoms with van der Waals surface area (Å²) in [5.74, 6) is 0.200. The topological polar surface area (TPSA) is 97.4 Å². The molecule has 0 aliphatic carbocycles. The van der Waals surface area contributed by atoms with Crippen LogP contribution in [0.5, 0.6) is 5.75 Å². The van der Waals surface area contributed by atoms with Gasteiger partial charge in [-0.15, -0.1) is 11.3 Å². The predicted octanol–water partition coefficient (Wildman–Crippen LogP) is 3.82. The Bertz CT molecular complexity index is 1110. The largest absolute Gasteiger partial charge is 0.497 e. The lowest BCUT2D eigenvalue weighted by Gasteiger charge is -2.12. The summed E-state index contributed by atoms with van der Waals surface area (Å²) >= 11 is 1.31. The minimum absolute atomic E-state index is 0.0336. The smallest absolute Gasteiger partial charge is 0.262 e. The number of carbonyl (C=O) groups is 1. The summed E-state index contributed by atoms with van der Waals surface area (Å²) in [7, 11) is -2.34. The highest BCUT2D eigenvalue weighted by atomic mass is 32.2. The van der Waals surface area contributed by atoms with Crippen molar-refractivity contribution >= 4 is 38.1 Å². The molecule has 7 nitrogen and oxygen atoms in total. The third kappa shape index (κ3) is 4.49. The lowest BCUT2D eigenvalue weighted by molar-refractivity contribution is 0.102. The van der Waals surface area contributed by atoms with E-state index in [9.17, 15) is 13.2 Å². The molecule has 146 valence electrons. The molecule has 0 atom stereocenters. The highest BCUT2D eigenvalue weighted by Crippen LogP contribution is 2.23. The Balaban J connectivity index is 1.85. The Morgan fingerprint density at radius 2 is 1.82 bits per heavy atom. The number of sulfonamides is 1. The summed E-state index contributed by atoms with van der Waals surface area (Å²) in [5.41, 5.74) is 1.96. The van der Waals surface area contributed by atoms with Crippen LogP contribution in [0.4, 0.5) is 10.8 Å². The molecule has 0 aliphatic rings. The first-order chi connectivity index (χ1) is 13.3. The van der Waals surface area contributed by atoms with E-state index < -0.39 is 15.9 Å². The van der Waals surface area contributed by atoms with Crippen molar-refractivity contribution in [2.75, 3.05) is 17.1 Å². The standard InChI is InChI=1S/C19H19N3O4S2/c1-12-4-5-14(18(23)21-19-20-13(2)11-27-19)10-17(12)28(24,25)22-15-6-8-16(26-3)9-7-15/h4-11,22H,1-3H3,(H,20,21,23). The molecule has 0 unspecified atom stereocenters. The van der Waals surface area contributed by atoms with Crippen LogP contribution in [0.25, 0.3) is 0 Å². The zero-order chi connectivity index (χ0) is 20.3. The molecule has 3 aromatic rings. The number of benzene rings is 2. The van der Waals surface area contributed by atoms with E-state index in [0.29, 0.717) is 22.1 Å². The van der Waals surface area contributed by atoms with Crippen LogP contribution in [0, 0.1) is 13.8 Å². The zero-order valence-electron chi connectivity index (χ0n) is 15.5. The fraction of sp³-hybridized carbons (Fsp3) is 0.158. The second-order valence-electron chi connectivity index (χ2n) is 6.06. The van der Waals surface area contributed by atoms with Crippen LogP contribution in [0.3, 0.4) is 0 Å². The number of anilines is 2. The summed E-state index contributed by atoms with van der Waals surface area (Å²) in [6.45, 7) is 3.50. The predicted molar refractivity (Wildman–Crippen MR) is 110 cm³/mol. The van der Waals surface area contributed by atoms with E-state index in [1.807, 2.05) is 12.3 Å². The average molecular weight is 418 g/mol. The SMILES string of the molecule is COc1ccc(NS(=O)(=O)c2cc(C(=O)Nc3nc(C)cs3)ccc2C)cc1. The lowest BCUT2D eigenvalue weighted by Crippen LogP contribution is -2.17. The lowest BCUT2D eigenvalue weighted by atomic mass is 10.1. The summed E-state index contributed by atoms with van der Waals surface area (Å²) < 4.78 is 33.2. The van der Waals surface area contributed by atoms with Crippen molar-refractivity contribution in [1.82, 2.24) is 4.98 Å². The first kappa shape index (κ1) is 19.8. The summed E-state index contributed by atoms with van der Waals surface area (Å²) in [4.78, 5) is 16.7. The van der Waals surface area contributed by atoms with Crippen molar-refractivity contribution in [2.45, 2.75) is 18.7 Å². The first-order valence-electron chi connectivity index (χ1n) is 8.29. The third-order valence-electron chi connectivity index (χ3n) is 3.92. The summed E-state index contributed by atoms with van der Waals surface area (Å²) in [6, 6.07) is 11.1. The van der Waals surface area contributed by atoms with Crippen molar-refractivity contribution in [3.8, 4) is 5.75 Å². The number of nitrogens with one attached hydrogen (secondary N) is 2. The molecular weight excluding hydrogens is 398 g/mol. The van der Waals surface area contributed by atoms with Crippen LogP contribution in [0.1, 0.15) is 21.6 Å².